The number of fused-ring (bicyclic) bond motifs is 1. The Bertz CT molecular complexity index is 929. The predicted molar refractivity (Wildman–Crippen MR) is 125 cm³/mol. The first-order valence-electron chi connectivity index (χ1n) is 11.5. The molecule has 5 rings (SSSR count). The highest BCUT2D eigenvalue weighted by molar-refractivity contribution is 9.10. The number of aromatic nitrogens is 3. The van der Waals surface area contributed by atoms with Gasteiger partial charge in [-0.1, -0.05) is 25.3 Å². The first-order valence-corrected chi connectivity index (χ1v) is 12.3. The second-order valence-corrected chi connectivity index (χ2v) is 9.83. The van der Waals surface area contributed by atoms with Crippen LogP contribution in [0.2, 0.25) is 0 Å². The molecule has 2 aliphatic heterocycles. The van der Waals surface area contributed by atoms with Gasteiger partial charge in [0.2, 0.25) is 0 Å². The number of hydrogen-bond donors (Lipinski definition) is 1. The van der Waals surface area contributed by atoms with Gasteiger partial charge in [-0.25, -0.2) is 4.98 Å². The van der Waals surface area contributed by atoms with Crippen molar-refractivity contribution in [3.63, 3.8) is 0 Å². The van der Waals surface area contributed by atoms with Gasteiger partial charge < -0.3 is 5.32 Å². The fraction of sp³-hybridized carbons (Fsp3) is 0.609. The maximum Gasteiger partial charge on any atom is 0.171 e. The highest BCUT2D eigenvalue weighted by atomic mass is 79.9. The molecule has 0 amide bonds. The molecule has 0 aromatic carbocycles. The third-order valence-electron chi connectivity index (χ3n) is 6.88. The lowest BCUT2D eigenvalue weighted by atomic mass is 9.89. The van der Waals surface area contributed by atoms with E-state index in [0.717, 1.165) is 41.5 Å². The van der Waals surface area contributed by atoms with Crippen LogP contribution >= 0.6 is 15.9 Å². The zero-order chi connectivity index (χ0) is 20.3. The van der Waals surface area contributed by atoms with Crippen LogP contribution < -0.4 is 5.32 Å². The van der Waals surface area contributed by atoms with E-state index in [-0.39, 0.29) is 0 Å². The Kier molecular flexibility index (Phi) is 6.18. The molecule has 1 N–H and O–H groups in total. The lowest BCUT2D eigenvalue weighted by Gasteiger charge is -2.40. The first kappa shape index (κ1) is 20.2. The maximum atomic E-state index is 5.04. The van der Waals surface area contributed by atoms with Crippen molar-refractivity contribution < 1.29 is 0 Å². The summed E-state index contributed by atoms with van der Waals surface area (Å²) in [6, 6.07) is 3.01. The fourth-order valence-corrected chi connectivity index (χ4v) is 5.56. The Morgan fingerprint density at radius 2 is 2.03 bits per heavy atom. The zero-order valence-electron chi connectivity index (χ0n) is 17.5. The van der Waals surface area contributed by atoms with Crippen LogP contribution in [0.4, 0.5) is 5.82 Å². The van der Waals surface area contributed by atoms with Crippen molar-refractivity contribution in [2.75, 3.05) is 25.0 Å². The lowest BCUT2D eigenvalue weighted by molar-refractivity contribution is 0.118. The minimum atomic E-state index is 0.414. The Balaban J connectivity index is 1.37. The first-order chi connectivity index (χ1) is 14.8. The van der Waals surface area contributed by atoms with Crippen molar-refractivity contribution in [1.82, 2.24) is 19.5 Å². The molecule has 2 unspecified atom stereocenters. The quantitative estimate of drug-likeness (QED) is 0.666. The molecule has 0 bridgehead atoms. The number of hydrogen-bond acceptors (Lipinski definition) is 5. The molecular weight excluding hydrogens is 440 g/mol. The van der Waals surface area contributed by atoms with Crippen molar-refractivity contribution in [2.45, 2.75) is 63.3 Å². The van der Waals surface area contributed by atoms with E-state index in [4.69, 9.17) is 4.98 Å². The van der Waals surface area contributed by atoms with E-state index in [1.807, 2.05) is 23.1 Å². The Labute approximate surface area is 187 Å². The van der Waals surface area contributed by atoms with Gasteiger partial charge in [-0.05, 0) is 54.6 Å². The number of rotatable bonds is 5. The van der Waals surface area contributed by atoms with Crippen LogP contribution in [-0.4, -0.2) is 51.4 Å². The van der Waals surface area contributed by atoms with Crippen LogP contribution in [-0.2, 0) is 0 Å². The molecule has 6 nitrogen and oxygen atoms in total. The van der Waals surface area contributed by atoms with Crippen molar-refractivity contribution in [3.8, 4) is 0 Å². The SMILES string of the molecule is Brc1cnn2c(NCC3C=NC=CC3)cc(C3CCCN(C4CCCCC4)C3)nc12. The molecule has 160 valence electrons. The van der Waals surface area contributed by atoms with Crippen LogP contribution in [0.15, 0.2) is 34.0 Å². The third-order valence-corrected chi connectivity index (χ3v) is 7.44. The van der Waals surface area contributed by atoms with E-state index in [1.165, 1.54) is 57.2 Å². The fourth-order valence-electron chi connectivity index (χ4n) is 5.22. The van der Waals surface area contributed by atoms with Crippen molar-refractivity contribution >= 4 is 33.6 Å². The second kappa shape index (κ2) is 9.18. The van der Waals surface area contributed by atoms with E-state index in [2.05, 4.69) is 48.4 Å². The summed E-state index contributed by atoms with van der Waals surface area (Å²) in [6.45, 7) is 3.24. The Morgan fingerprint density at radius 3 is 2.87 bits per heavy atom. The predicted octanol–water partition coefficient (Wildman–Crippen LogP) is 5.02. The molecule has 1 aliphatic carbocycles. The van der Waals surface area contributed by atoms with Crippen LogP contribution in [0.1, 0.15) is 63.0 Å². The molecule has 30 heavy (non-hydrogen) atoms. The molecule has 3 aliphatic rings. The average Bonchev–Trinajstić information content (AvgIpc) is 3.19. The summed E-state index contributed by atoms with van der Waals surface area (Å²) < 4.78 is 2.87. The molecule has 1 saturated carbocycles. The zero-order valence-corrected chi connectivity index (χ0v) is 19.1. The maximum absolute atomic E-state index is 5.04. The number of likely N-dealkylation sites (tertiary alicyclic amines) is 1. The number of nitrogens with zero attached hydrogens (tertiary/aromatic N) is 5. The molecule has 7 heteroatoms. The number of piperidine rings is 1. The highest BCUT2D eigenvalue weighted by Gasteiger charge is 2.29. The van der Waals surface area contributed by atoms with E-state index in [1.54, 1.807) is 0 Å². The highest BCUT2D eigenvalue weighted by Crippen LogP contribution is 2.33. The van der Waals surface area contributed by atoms with Crippen LogP contribution in [0.25, 0.3) is 5.65 Å². The minimum absolute atomic E-state index is 0.414. The van der Waals surface area contributed by atoms with Crippen LogP contribution in [0.3, 0.4) is 0 Å². The number of nitrogens with one attached hydrogen (secondary N) is 1. The van der Waals surface area contributed by atoms with Gasteiger partial charge in [0.1, 0.15) is 5.82 Å². The average molecular weight is 471 g/mol. The van der Waals surface area contributed by atoms with Gasteiger partial charge in [-0.15, -0.1) is 0 Å². The van der Waals surface area contributed by atoms with E-state index in [0.29, 0.717) is 11.8 Å². The lowest BCUT2D eigenvalue weighted by Crippen LogP contribution is -2.43. The Hall–Kier alpha value is -1.73. The van der Waals surface area contributed by atoms with Crippen molar-refractivity contribution in [2.24, 2.45) is 10.9 Å². The summed E-state index contributed by atoms with van der Waals surface area (Å²) in [4.78, 5) is 12.1. The van der Waals surface area contributed by atoms with E-state index < -0.39 is 0 Å². The smallest absolute Gasteiger partial charge is 0.171 e. The second-order valence-electron chi connectivity index (χ2n) is 8.98. The topological polar surface area (TPSA) is 57.8 Å². The van der Waals surface area contributed by atoms with Gasteiger partial charge in [0.15, 0.2) is 5.65 Å². The summed E-state index contributed by atoms with van der Waals surface area (Å²) in [6.07, 6.45) is 18.4. The third kappa shape index (κ3) is 4.33. The largest absolute Gasteiger partial charge is 0.369 e. The van der Waals surface area contributed by atoms with Crippen LogP contribution in [0, 0.1) is 5.92 Å². The van der Waals surface area contributed by atoms with Crippen molar-refractivity contribution in [1.29, 1.82) is 0 Å². The summed E-state index contributed by atoms with van der Waals surface area (Å²) in [5, 5.41) is 8.17. The molecule has 2 fully saturated rings. The monoisotopic (exact) mass is 470 g/mol. The molecule has 2 aromatic rings. The Morgan fingerprint density at radius 1 is 1.13 bits per heavy atom. The minimum Gasteiger partial charge on any atom is -0.369 e. The van der Waals surface area contributed by atoms with Gasteiger partial charge in [-0.2, -0.15) is 9.61 Å². The molecule has 1 saturated heterocycles. The van der Waals surface area contributed by atoms with Gasteiger partial charge >= 0.3 is 0 Å². The van der Waals surface area contributed by atoms with Gasteiger partial charge in [0.05, 0.1) is 16.4 Å². The van der Waals surface area contributed by atoms with Gasteiger partial charge in [0.25, 0.3) is 0 Å². The van der Waals surface area contributed by atoms with E-state index >= 15 is 0 Å². The molecule has 4 heterocycles. The number of allylic oxidation sites excluding steroid dienone is 1. The molecule has 2 atom stereocenters. The van der Waals surface area contributed by atoms with Crippen LogP contribution in [0.5, 0.6) is 0 Å². The number of halogens is 1. The number of anilines is 1. The van der Waals surface area contributed by atoms with Gasteiger partial charge in [0, 0.05) is 49.4 Å². The summed E-state index contributed by atoms with van der Waals surface area (Å²) in [5.41, 5.74) is 2.10. The standard InChI is InChI=1S/C23H31BrN6/c24-20-15-27-30-22(26-14-17-6-4-10-25-13-17)12-21(28-23(20)30)18-7-5-11-29(16-18)19-8-2-1-3-9-19/h4,10,12-13,15,17-19,26H,1-3,5-9,11,14,16H2. The normalized spacial score (nSPS) is 25.8. The molecule has 2 aromatic heterocycles. The molecule has 0 radical (unpaired) electrons. The van der Waals surface area contributed by atoms with E-state index in [9.17, 15) is 0 Å². The summed E-state index contributed by atoms with van der Waals surface area (Å²) in [5.74, 6) is 1.93. The van der Waals surface area contributed by atoms with Gasteiger partial charge in [-0.3, -0.25) is 9.89 Å². The van der Waals surface area contributed by atoms with Crippen molar-refractivity contribution in [3.05, 3.63) is 34.7 Å². The number of aliphatic imine (C=N–C) groups is 1. The summed E-state index contributed by atoms with van der Waals surface area (Å²) in [7, 11) is 0. The molecule has 0 spiro atoms. The summed E-state index contributed by atoms with van der Waals surface area (Å²) >= 11 is 3.65. The molecular formula is C23H31BrN6.